The topological polar surface area (TPSA) is 57.8 Å². The number of methoxy groups -OCH3 is 2. The second kappa shape index (κ2) is 8.57. The highest BCUT2D eigenvalue weighted by molar-refractivity contribution is 5.88. The number of ether oxygens (including phenoxy) is 2. The number of amides is 1. The monoisotopic (exact) mass is 393 g/mol. The van der Waals surface area contributed by atoms with E-state index in [0.29, 0.717) is 6.42 Å². The summed E-state index contributed by atoms with van der Waals surface area (Å²) in [7, 11) is 3.30. The minimum atomic E-state index is 0.195. The number of carbonyl (C=O) groups is 1. The number of para-hydroxylation sites is 1. The first kappa shape index (κ1) is 19.3. The van der Waals surface area contributed by atoms with Gasteiger partial charge in [-0.05, 0) is 29.3 Å². The lowest BCUT2D eigenvalue weighted by molar-refractivity contribution is -0.132. The summed E-state index contributed by atoms with van der Waals surface area (Å²) in [5.74, 6) is 1.68. The Labute approximate surface area is 171 Å². The Morgan fingerprint density at radius 2 is 1.76 bits per heavy atom. The van der Waals surface area contributed by atoms with E-state index in [1.807, 2.05) is 41.4 Å². The fourth-order valence-corrected chi connectivity index (χ4v) is 3.95. The molecule has 0 saturated carbocycles. The number of H-pyrrole nitrogens is 1. The number of rotatable bonds is 6. The maximum atomic E-state index is 12.8. The number of benzene rings is 2. The van der Waals surface area contributed by atoms with E-state index in [1.54, 1.807) is 14.2 Å². The Bertz CT molecular complexity index is 990. The summed E-state index contributed by atoms with van der Waals surface area (Å²) < 4.78 is 10.7. The van der Waals surface area contributed by atoms with Gasteiger partial charge in [0.1, 0.15) is 0 Å². The van der Waals surface area contributed by atoms with Crippen LogP contribution in [0.25, 0.3) is 10.9 Å². The van der Waals surface area contributed by atoms with E-state index < -0.39 is 0 Å². The van der Waals surface area contributed by atoms with Gasteiger partial charge in [-0.3, -0.25) is 9.69 Å². The average Bonchev–Trinajstić information content (AvgIpc) is 3.17. The van der Waals surface area contributed by atoms with Crippen LogP contribution in [0.1, 0.15) is 11.1 Å². The molecule has 0 unspecified atom stereocenters. The fraction of sp³-hybridized carbons (Fsp3) is 0.348. The molecule has 1 N–H and O–H groups in total. The van der Waals surface area contributed by atoms with Crippen LogP contribution < -0.4 is 9.47 Å². The molecule has 6 nitrogen and oxygen atoms in total. The Morgan fingerprint density at radius 3 is 2.52 bits per heavy atom. The SMILES string of the molecule is COc1ccc(CN2CCN(C(=O)Cc3c[nH]c4ccccc34)CC2)cc1OC. The Morgan fingerprint density at radius 1 is 1.00 bits per heavy atom. The van der Waals surface area contributed by atoms with E-state index in [4.69, 9.17) is 9.47 Å². The van der Waals surface area contributed by atoms with E-state index in [2.05, 4.69) is 22.0 Å². The van der Waals surface area contributed by atoms with Crippen LogP contribution in [0, 0.1) is 0 Å². The maximum Gasteiger partial charge on any atom is 0.227 e. The first-order chi connectivity index (χ1) is 14.2. The number of carbonyl (C=O) groups excluding carboxylic acids is 1. The van der Waals surface area contributed by atoms with E-state index in [0.717, 1.165) is 60.7 Å². The van der Waals surface area contributed by atoms with Gasteiger partial charge in [0.15, 0.2) is 11.5 Å². The van der Waals surface area contributed by atoms with Gasteiger partial charge in [-0.25, -0.2) is 0 Å². The van der Waals surface area contributed by atoms with Gasteiger partial charge in [-0.2, -0.15) is 0 Å². The number of nitrogens with one attached hydrogen (secondary N) is 1. The van der Waals surface area contributed by atoms with E-state index in [9.17, 15) is 4.79 Å². The first-order valence-corrected chi connectivity index (χ1v) is 9.94. The standard InChI is InChI=1S/C23H27N3O3/c1-28-21-8-7-17(13-22(21)29-2)16-25-9-11-26(12-10-25)23(27)14-18-15-24-20-6-4-3-5-19(18)20/h3-8,13,15,24H,9-12,14,16H2,1-2H3. The molecule has 2 aromatic carbocycles. The van der Waals surface area contributed by atoms with Crippen molar-refractivity contribution in [3.63, 3.8) is 0 Å². The summed E-state index contributed by atoms with van der Waals surface area (Å²) in [6.07, 6.45) is 2.40. The zero-order valence-electron chi connectivity index (χ0n) is 17.0. The molecule has 2 heterocycles. The number of fused-ring (bicyclic) bond motifs is 1. The number of nitrogens with zero attached hydrogens (tertiary/aromatic N) is 2. The molecule has 0 radical (unpaired) electrons. The third-order valence-electron chi connectivity index (χ3n) is 5.60. The molecule has 0 spiro atoms. The van der Waals surface area contributed by atoms with E-state index in [1.165, 1.54) is 5.56 Å². The summed E-state index contributed by atoms with van der Waals surface area (Å²) in [5, 5.41) is 1.13. The van der Waals surface area contributed by atoms with Crippen LogP contribution in [-0.2, 0) is 17.8 Å². The van der Waals surface area contributed by atoms with Gasteiger partial charge >= 0.3 is 0 Å². The quantitative estimate of drug-likeness (QED) is 0.699. The number of aromatic nitrogens is 1. The zero-order valence-corrected chi connectivity index (χ0v) is 17.0. The van der Waals surface area contributed by atoms with Gasteiger partial charge in [0, 0.05) is 49.8 Å². The van der Waals surface area contributed by atoms with E-state index in [-0.39, 0.29) is 5.91 Å². The molecule has 1 aliphatic heterocycles. The normalized spacial score (nSPS) is 14.9. The van der Waals surface area contributed by atoms with Crippen LogP contribution in [0.2, 0.25) is 0 Å². The molecule has 4 rings (SSSR count). The molecular weight excluding hydrogens is 366 g/mol. The second-order valence-electron chi connectivity index (χ2n) is 7.38. The molecule has 0 atom stereocenters. The largest absolute Gasteiger partial charge is 0.493 e. The zero-order chi connectivity index (χ0) is 20.2. The Balaban J connectivity index is 1.33. The van der Waals surface area contributed by atoms with Gasteiger partial charge in [0.25, 0.3) is 0 Å². The summed E-state index contributed by atoms with van der Waals surface area (Å²) in [5.41, 5.74) is 3.33. The van der Waals surface area contributed by atoms with Gasteiger partial charge in [0.2, 0.25) is 5.91 Å². The molecule has 3 aromatic rings. The summed E-state index contributed by atoms with van der Waals surface area (Å²) in [6, 6.07) is 14.1. The van der Waals surface area contributed by atoms with Crippen molar-refractivity contribution in [1.29, 1.82) is 0 Å². The number of piperazine rings is 1. The molecule has 0 aliphatic carbocycles. The van der Waals surface area contributed by atoms with Crippen molar-refractivity contribution in [2.24, 2.45) is 0 Å². The molecule has 1 amide bonds. The second-order valence-corrected chi connectivity index (χ2v) is 7.38. The average molecular weight is 393 g/mol. The number of hydrogen-bond donors (Lipinski definition) is 1. The maximum absolute atomic E-state index is 12.8. The fourth-order valence-electron chi connectivity index (χ4n) is 3.95. The van der Waals surface area contributed by atoms with Crippen LogP contribution in [0.5, 0.6) is 11.5 Å². The molecule has 1 aliphatic rings. The molecule has 1 saturated heterocycles. The number of aromatic amines is 1. The highest BCUT2D eigenvalue weighted by atomic mass is 16.5. The molecule has 1 aromatic heterocycles. The van der Waals surface area contributed by atoms with Crippen LogP contribution >= 0.6 is 0 Å². The van der Waals surface area contributed by atoms with Crippen LogP contribution in [0.3, 0.4) is 0 Å². The third kappa shape index (κ3) is 4.22. The van der Waals surface area contributed by atoms with Crippen molar-refractivity contribution in [2.75, 3.05) is 40.4 Å². The predicted octanol–water partition coefficient (Wildman–Crippen LogP) is 3.07. The van der Waals surface area contributed by atoms with Crippen molar-refractivity contribution in [1.82, 2.24) is 14.8 Å². The van der Waals surface area contributed by atoms with Gasteiger partial charge in [-0.1, -0.05) is 24.3 Å². The smallest absolute Gasteiger partial charge is 0.227 e. The third-order valence-corrected chi connectivity index (χ3v) is 5.60. The Kier molecular flexibility index (Phi) is 5.71. The summed E-state index contributed by atoms with van der Waals surface area (Å²) in [6.45, 7) is 4.09. The molecular formula is C23H27N3O3. The van der Waals surface area contributed by atoms with Crippen molar-refractivity contribution in [2.45, 2.75) is 13.0 Å². The lowest BCUT2D eigenvalue weighted by atomic mass is 10.1. The number of hydrogen-bond acceptors (Lipinski definition) is 4. The van der Waals surface area contributed by atoms with Gasteiger partial charge < -0.3 is 19.4 Å². The highest BCUT2D eigenvalue weighted by Crippen LogP contribution is 2.28. The van der Waals surface area contributed by atoms with Gasteiger partial charge in [-0.15, -0.1) is 0 Å². The van der Waals surface area contributed by atoms with Crippen molar-refractivity contribution < 1.29 is 14.3 Å². The van der Waals surface area contributed by atoms with Crippen LogP contribution in [0.15, 0.2) is 48.7 Å². The summed E-state index contributed by atoms with van der Waals surface area (Å²) in [4.78, 5) is 20.4. The lowest BCUT2D eigenvalue weighted by Gasteiger charge is -2.35. The lowest BCUT2D eigenvalue weighted by Crippen LogP contribution is -2.48. The molecule has 29 heavy (non-hydrogen) atoms. The van der Waals surface area contributed by atoms with Crippen molar-refractivity contribution >= 4 is 16.8 Å². The Hall–Kier alpha value is -2.99. The highest BCUT2D eigenvalue weighted by Gasteiger charge is 2.22. The minimum Gasteiger partial charge on any atom is -0.493 e. The molecule has 0 bridgehead atoms. The summed E-state index contributed by atoms with van der Waals surface area (Å²) >= 11 is 0. The van der Waals surface area contributed by atoms with Crippen molar-refractivity contribution in [3.8, 4) is 11.5 Å². The first-order valence-electron chi connectivity index (χ1n) is 9.94. The van der Waals surface area contributed by atoms with Gasteiger partial charge in [0.05, 0.1) is 20.6 Å². The van der Waals surface area contributed by atoms with Crippen LogP contribution in [-0.4, -0.2) is 61.1 Å². The molecule has 152 valence electrons. The molecule has 1 fully saturated rings. The minimum absolute atomic E-state index is 0.195. The van der Waals surface area contributed by atoms with Crippen molar-refractivity contribution in [3.05, 3.63) is 59.8 Å². The predicted molar refractivity (Wildman–Crippen MR) is 113 cm³/mol. The van der Waals surface area contributed by atoms with E-state index >= 15 is 0 Å². The van der Waals surface area contributed by atoms with Crippen LogP contribution in [0.4, 0.5) is 0 Å². The molecule has 6 heteroatoms.